The van der Waals surface area contributed by atoms with Crippen molar-refractivity contribution >= 4 is 0 Å². The van der Waals surface area contributed by atoms with Crippen molar-refractivity contribution in [3.05, 3.63) is 60.2 Å². The molecule has 0 aliphatic rings. The minimum absolute atomic E-state index is 0.0626. The highest BCUT2D eigenvalue weighted by Gasteiger charge is 2.26. The first-order chi connectivity index (χ1) is 11.2. The third-order valence-corrected chi connectivity index (χ3v) is 3.83. The number of halogens is 2. The topological polar surface area (TPSA) is 32.3 Å². The van der Waals surface area contributed by atoms with Crippen LogP contribution >= 0.6 is 0 Å². The van der Waals surface area contributed by atoms with E-state index in [0.29, 0.717) is 6.54 Å². The summed E-state index contributed by atoms with van der Waals surface area (Å²) in [5.41, 5.74) is 1.72. The summed E-state index contributed by atoms with van der Waals surface area (Å²) in [6.45, 7) is -1.59. The van der Waals surface area contributed by atoms with Gasteiger partial charge in [-0.2, -0.15) is 0 Å². The molecule has 0 aliphatic heterocycles. The summed E-state index contributed by atoms with van der Waals surface area (Å²) in [5, 5.41) is 12.4. The SMILES string of the molecule is OC(CF)(CF)CNCCCc1ccc(-c2ccccc2)cc1. The Morgan fingerprint density at radius 3 is 2.09 bits per heavy atom. The van der Waals surface area contributed by atoms with E-state index in [9.17, 15) is 13.9 Å². The van der Waals surface area contributed by atoms with Crippen LogP contribution in [0.3, 0.4) is 0 Å². The van der Waals surface area contributed by atoms with Gasteiger partial charge >= 0.3 is 0 Å². The van der Waals surface area contributed by atoms with Crippen molar-refractivity contribution in [1.82, 2.24) is 5.32 Å². The van der Waals surface area contributed by atoms with Crippen LogP contribution in [0, 0.1) is 0 Å². The standard InChI is InChI=1S/C19H23F2NO/c20-13-19(23,14-21)15-22-12-4-5-16-8-10-18(11-9-16)17-6-2-1-3-7-17/h1-3,6-11,22-23H,4-5,12-15H2. The zero-order chi connectivity index (χ0) is 16.5. The summed E-state index contributed by atoms with van der Waals surface area (Å²) in [6, 6.07) is 18.6. The third kappa shape index (κ3) is 5.41. The molecule has 0 saturated carbocycles. The van der Waals surface area contributed by atoms with Crippen LogP contribution < -0.4 is 5.32 Å². The van der Waals surface area contributed by atoms with Crippen LogP contribution in [0.5, 0.6) is 0 Å². The lowest BCUT2D eigenvalue weighted by atomic mass is 10.0. The first-order valence-electron chi connectivity index (χ1n) is 7.86. The van der Waals surface area contributed by atoms with Crippen LogP contribution in [0.15, 0.2) is 54.6 Å². The zero-order valence-electron chi connectivity index (χ0n) is 13.1. The van der Waals surface area contributed by atoms with Crippen molar-refractivity contribution in [1.29, 1.82) is 0 Å². The molecule has 2 N–H and O–H groups in total. The molecule has 0 heterocycles. The lowest BCUT2D eigenvalue weighted by Gasteiger charge is -2.21. The molecule has 0 radical (unpaired) electrons. The lowest BCUT2D eigenvalue weighted by molar-refractivity contribution is -0.00524. The molecule has 2 rings (SSSR count). The highest BCUT2D eigenvalue weighted by molar-refractivity contribution is 5.63. The van der Waals surface area contributed by atoms with E-state index in [1.54, 1.807) is 0 Å². The van der Waals surface area contributed by atoms with Crippen molar-refractivity contribution in [2.45, 2.75) is 18.4 Å². The Labute approximate surface area is 136 Å². The van der Waals surface area contributed by atoms with Gasteiger partial charge in [0.2, 0.25) is 0 Å². The fourth-order valence-electron chi connectivity index (χ4n) is 2.36. The fourth-order valence-corrected chi connectivity index (χ4v) is 2.36. The molecule has 0 saturated heterocycles. The van der Waals surface area contributed by atoms with Crippen LogP contribution in [0.2, 0.25) is 0 Å². The molecule has 0 fully saturated rings. The van der Waals surface area contributed by atoms with E-state index in [2.05, 4.69) is 41.7 Å². The number of benzene rings is 2. The van der Waals surface area contributed by atoms with Crippen LogP contribution in [0.25, 0.3) is 11.1 Å². The predicted molar refractivity (Wildman–Crippen MR) is 90.0 cm³/mol. The molecule has 124 valence electrons. The Morgan fingerprint density at radius 1 is 0.870 bits per heavy atom. The average molecular weight is 319 g/mol. The Hall–Kier alpha value is -1.78. The van der Waals surface area contributed by atoms with Gasteiger partial charge in [-0.3, -0.25) is 0 Å². The van der Waals surface area contributed by atoms with E-state index in [1.807, 2.05) is 18.2 Å². The number of hydrogen-bond donors (Lipinski definition) is 2. The quantitative estimate of drug-likeness (QED) is 0.693. The van der Waals surface area contributed by atoms with E-state index < -0.39 is 19.0 Å². The van der Waals surface area contributed by atoms with Crippen LogP contribution in [0.1, 0.15) is 12.0 Å². The lowest BCUT2D eigenvalue weighted by Crippen LogP contribution is -2.44. The van der Waals surface area contributed by atoms with Gasteiger partial charge in [-0.25, -0.2) is 8.78 Å². The normalized spacial score (nSPS) is 11.6. The van der Waals surface area contributed by atoms with Crippen molar-refractivity contribution in [2.24, 2.45) is 0 Å². The van der Waals surface area contributed by atoms with E-state index in [0.717, 1.165) is 12.8 Å². The monoisotopic (exact) mass is 319 g/mol. The molecular formula is C19H23F2NO. The third-order valence-electron chi connectivity index (χ3n) is 3.83. The zero-order valence-corrected chi connectivity index (χ0v) is 13.1. The maximum absolute atomic E-state index is 12.5. The number of hydrogen-bond acceptors (Lipinski definition) is 2. The van der Waals surface area contributed by atoms with Gasteiger partial charge in [0.05, 0.1) is 0 Å². The van der Waals surface area contributed by atoms with Gasteiger partial charge in [-0.05, 0) is 36.1 Å². The van der Waals surface area contributed by atoms with Crippen molar-refractivity contribution in [3.8, 4) is 11.1 Å². The van der Waals surface area contributed by atoms with E-state index in [-0.39, 0.29) is 6.54 Å². The molecule has 0 aromatic heterocycles. The van der Waals surface area contributed by atoms with Crippen molar-refractivity contribution < 1.29 is 13.9 Å². The molecule has 0 aliphatic carbocycles. The van der Waals surface area contributed by atoms with Crippen LogP contribution in [0.4, 0.5) is 8.78 Å². The Kier molecular flexibility index (Phi) is 6.68. The second-order valence-corrected chi connectivity index (χ2v) is 5.83. The minimum Gasteiger partial charge on any atom is -0.383 e. The Morgan fingerprint density at radius 2 is 1.48 bits per heavy atom. The molecule has 0 atom stereocenters. The summed E-state index contributed by atoms with van der Waals surface area (Å²) in [4.78, 5) is 0. The average Bonchev–Trinajstić information content (AvgIpc) is 2.62. The first-order valence-corrected chi connectivity index (χ1v) is 7.86. The Bertz CT molecular complexity index is 568. The molecule has 2 aromatic carbocycles. The molecular weight excluding hydrogens is 296 g/mol. The van der Waals surface area contributed by atoms with Gasteiger partial charge in [0.25, 0.3) is 0 Å². The molecule has 0 amide bonds. The molecule has 0 bridgehead atoms. The van der Waals surface area contributed by atoms with E-state index in [1.165, 1.54) is 16.7 Å². The van der Waals surface area contributed by atoms with E-state index in [4.69, 9.17) is 0 Å². The van der Waals surface area contributed by atoms with Gasteiger partial charge in [-0.1, -0.05) is 54.6 Å². The number of aryl methyl sites for hydroxylation is 1. The van der Waals surface area contributed by atoms with Crippen LogP contribution in [-0.4, -0.2) is 37.1 Å². The molecule has 0 unspecified atom stereocenters. The maximum Gasteiger partial charge on any atom is 0.133 e. The first kappa shape index (κ1) is 17.6. The van der Waals surface area contributed by atoms with Gasteiger partial charge in [0, 0.05) is 6.54 Å². The van der Waals surface area contributed by atoms with Gasteiger partial charge < -0.3 is 10.4 Å². The maximum atomic E-state index is 12.5. The second-order valence-electron chi connectivity index (χ2n) is 5.83. The summed E-state index contributed by atoms with van der Waals surface area (Å²) in [7, 11) is 0. The van der Waals surface area contributed by atoms with Crippen molar-refractivity contribution in [3.63, 3.8) is 0 Å². The highest BCUT2D eigenvalue weighted by Crippen LogP contribution is 2.19. The summed E-state index contributed by atoms with van der Waals surface area (Å²) >= 11 is 0. The molecule has 2 aromatic rings. The van der Waals surface area contributed by atoms with Crippen molar-refractivity contribution in [2.75, 3.05) is 26.4 Å². The van der Waals surface area contributed by atoms with Crippen LogP contribution in [-0.2, 0) is 6.42 Å². The minimum atomic E-state index is -1.88. The fraction of sp³-hybridized carbons (Fsp3) is 0.368. The summed E-state index contributed by atoms with van der Waals surface area (Å²) in [6.07, 6.45) is 1.73. The summed E-state index contributed by atoms with van der Waals surface area (Å²) in [5.74, 6) is 0. The number of alkyl halides is 2. The van der Waals surface area contributed by atoms with Gasteiger partial charge in [-0.15, -0.1) is 0 Å². The second kappa shape index (κ2) is 8.75. The van der Waals surface area contributed by atoms with Gasteiger partial charge in [0.1, 0.15) is 19.0 Å². The van der Waals surface area contributed by atoms with Gasteiger partial charge in [0.15, 0.2) is 0 Å². The largest absolute Gasteiger partial charge is 0.383 e. The number of rotatable bonds is 9. The Balaban J connectivity index is 1.75. The molecule has 4 heteroatoms. The highest BCUT2D eigenvalue weighted by atomic mass is 19.1. The molecule has 0 spiro atoms. The predicted octanol–water partition coefficient (Wildman–Crippen LogP) is 3.55. The number of nitrogens with one attached hydrogen (secondary N) is 1. The van der Waals surface area contributed by atoms with E-state index >= 15 is 0 Å². The number of aliphatic hydroxyl groups is 1. The molecule has 23 heavy (non-hydrogen) atoms. The molecule has 2 nitrogen and oxygen atoms in total. The summed E-state index contributed by atoms with van der Waals surface area (Å²) < 4.78 is 24.9. The smallest absolute Gasteiger partial charge is 0.133 e.